The maximum atomic E-state index is 10.3. The maximum Gasteiger partial charge on any atom is 0.303 e. The molecule has 0 aromatic heterocycles. The molecule has 0 unspecified atom stereocenters. The molecule has 0 aliphatic carbocycles. The van der Waals surface area contributed by atoms with E-state index in [1.165, 1.54) is 16.7 Å². The van der Waals surface area contributed by atoms with Crippen LogP contribution in [-0.2, 0) is 11.2 Å². The standard InChI is InChI=1S/C12H16O2/c1-9-6-10(2)8-11(7-9)4-3-5-12(13)14/h6-8H,3-5H2,1-2H3,(H,13,14). The van der Waals surface area contributed by atoms with Crippen molar-refractivity contribution in [3.8, 4) is 0 Å². The van der Waals surface area contributed by atoms with Gasteiger partial charge in [-0.1, -0.05) is 29.3 Å². The highest BCUT2D eigenvalue weighted by Gasteiger charge is 1.99. The van der Waals surface area contributed by atoms with Gasteiger partial charge in [0.15, 0.2) is 0 Å². The number of hydrogen-bond donors (Lipinski definition) is 1. The molecule has 1 aromatic rings. The van der Waals surface area contributed by atoms with E-state index in [0.717, 1.165) is 12.8 Å². The Hall–Kier alpha value is -1.31. The third kappa shape index (κ3) is 3.60. The highest BCUT2D eigenvalue weighted by Crippen LogP contribution is 2.11. The molecular weight excluding hydrogens is 176 g/mol. The molecule has 76 valence electrons. The largest absolute Gasteiger partial charge is 0.481 e. The zero-order valence-electron chi connectivity index (χ0n) is 8.71. The average Bonchev–Trinajstić information content (AvgIpc) is 2.01. The summed E-state index contributed by atoms with van der Waals surface area (Å²) in [7, 11) is 0. The Morgan fingerprint density at radius 3 is 2.29 bits per heavy atom. The molecular formula is C12H16O2. The number of carboxylic acids is 1. The lowest BCUT2D eigenvalue weighted by Gasteiger charge is -2.03. The summed E-state index contributed by atoms with van der Waals surface area (Å²) in [6.07, 6.45) is 1.83. The third-order valence-corrected chi connectivity index (χ3v) is 2.14. The fourth-order valence-corrected chi connectivity index (χ4v) is 1.66. The second kappa shape index (κ2) is 4.80. The van der Waals surface area contributed by atoms with E-state index in [2.05, 4.69) is 32.0 Å². The first-order valence-corrected chi connectivity index (χ1v) is 4.87. The minimum atomic E-state index is -0.714. The normalized spacial score (nSPS) is 10.1. The molecule has 2 nitrogen and oxygen atoms in total. The minimum Gasteiger partial charge on any atom is -0.481 e. The van der Waals surface area contributed by atoms with Crippen LogP contribution in [-0.4, -0.2) is 11.1 Å². The van der Waals surface area contributed by atoms with Crippen molar-refractivity contribution in [1.82, 2.24) is 0 Å². The quantitative estimate of drug-likeness (QED) is 0.796. The van der Waals surface area contributed by atoms with Gasteiger partial charge in [-0.05, 0) is 32.3 Å². The minimum absolute atomic E-state index is 0.257. The first-order valence-electron chi connectivity index (χ1n) is 4.87. The van der Waals surface area contributed by atoms with Crippen molar-refractivity contribution in [2.45, 2.75) is 33.1 Å². The highest BCUT2D eigenvalue weighted by atomic mass is 16.4. The van der Waals surface area contributed by atoms with Crippen LogP contribution in [0.25, 0.3) is 0 Å². The van der Waals surface area contributed by atoms with Crippen LogP contribution in [0.1, 0.15) is 29.5 Å². The van der Waals surface area contributed by atoms with E-state index >= 15 is 0 Å². The average molecular weight is 192 g/mol. The molecule has 0 radical (unpaired) electrons. The second-order valence-corrected chi connectivity index (χ2v) is 3.74. The van der Waals surface area contributed by atoms with Crippen LogP contribution in [0.4, 0.5) is 0 Å². The topological polar surface area (TPSA) is 37.3 Å². The number of benzene rings is 1. The first-order chi connectivity index (χ1) is 6.58. The van der Waals surface area contributed by atoms with E-state index in [9.17, 15) is 4.79 Å². The van der Waals surface area contributed by atoms with Gasteiger partial charge in [0.1, 0.15) is 0 Å². The van der Waals surface area contributed by atoms with Gasteiger partial charge in [-0.15, -0.1) is 0 Å². The van der Waals surface area contributed by atoms with Crippen LogP contribution in [0, 0.1) is 13.8 Å². The molecule has 2 heteroatoms. The van der Waals surface area contributed by atoms with Gasteiger partial charge < -0.3 is 5.11 Å². The predicted octanol–water partition coefficient (Wildman–Crippen LogP) is 2.71. The number of rotatable bonds is 4. The predicted molar refractivity (Wildman–Crippen MR) is 56.5 cm³/mol. The zero-order chi connectivity index (χ0) is 10.6. The number of carboxylic acid groups (broad SMARTS) is 1. The van der Waals surface area contributed by atoms with Crippen LogP contribution in [0.3, 0.4) is 0 Å². The van der Waals surface area contributed by atoms with E-state index < -0.39 is 5.97 Å². The second-order valence-electron chi connectivity index (χ2n) is 3.74. The lowest BCUT2D eigenvalue weighted by Crippen LogP contribution is -1.96. The zero-order valence-corrected chi connectivity index (χ0v) is 8.71. The molecule has 0 heterocycles. The Bertz CT molecular complexity index is 309. The summed E-state index contributed by atoms with van der Waals surface area (Å²) >= 11 is 0. The van der Waals surface area contributed by atoms with Crippen molar-refractivity contribution in [1.29, 1.82) is 0 Å². The molecule has 0 fully saturated rings. The molecule has 0 spiro atoms. The van der Waals surface area contributed by atoms with E-state index in [1.807, 2.05) is 0 Å². The highest BCUT2D eigenvalue weighted by molar-refractivity contribution is 5.66. The molecule has 1 aromatic carbocycles. The van der Waals surface area contributed by atoms with Crippen molar-refractivity contribution >= 4 is 5.97 Å². The summed E-state index contributed by atoms with van der Waals surface area (Å²) in [5.41, 5.74) is 3.73. The van der Waals surface area contributed by atoms with E-state index in [0.29, 0.717) is 0 Å². The molecule has 0 bridgehead atoms. The number of carbonyl (C=O) groups is 1. The van der Waals surface area contributed by atoms with E-state index in [-0.39, 0.29) is 6.42 Å². The van der Waals surface area contributed by atoms with Crippen molar-refractivity contribution in [3.05, 3.63) is 34.9 Å². The molecule has 0 atom stereocenters. The molecule has 1 rings (SSSR count). The molecule has 0 saturated carbocycles. The van der Waals surface area contributed by atoms with Gasteiger partial charge in [0.2, 0.25) is 0 Å². The summed E-state index contributed by atoms with van der Waals surface area (Å²) in [5.74, 6) is -0.714. The Labute approximate surface area is 84.6 Å². The summed E-state index contributed by atoms with van der Waals surface area (Å²) in [4.78, 5) is 10.3. The third-order valence-electron chi connectivity index (χ3n) is 2.14. The molecule has 0 aliphatic rings. The van der Waals surface area contributed by atoms with Gasteiger partial charge >= 0.3 is 5.97 Å². The van der Waals surface area contributed by atoms with Gasteiger partial charge in [0.25, 0.3) is 0 Å². The fourth-order valence-electron chi connectivity index (χ4n) is 1.66. The van der Waals surface area contributed by atoms with Crippen molar-refractivity contribution in [3.63, 3.8) is 0 Å². The van der Waals surface area contributed by atoms with Gasteiger partial charge in [0, 0.05) is 6.42 Å². The van der Waals surface area contributed by atoms with E-state index in [1.54, 1.807) is 0 Å². The lowest BCUT2D eigenvalue weighted by molar-refractivity contribution is -0.137. The smallest absolute Gasteiger partial charge is 0.303 e. The summed E-state index contributed by atoms with van der Waals surface area (Å²) in [6, 6.07) is 6.37. The number of aryl methyl sites for hydroxylation is 3. The molecule has 0 amide bonds. The van der Waals surface area contributed by atoms with Crippen LogP contribution in [0.5, 0.6) is 0 Å². The van der Waals surface area contributed by atoms with Crippen molar-refractivity contribution in [2.24, 2.45) is 0 Å². The van der Waals surface area contributed by atoms with Gasteiger partial charge in [-0.2, -0.15) is 0 Å². The van der Waals surface area contributed by atoms with Crippen LogP contribution in [0.2, 0.25) is 0 Å². The van der Waals surface area contributed by atoms with Crippen LogP contribution >= 0.6 is 0 Å². The summed E-state index contributed by atoms with van der Waals surface area (Å²) in [6.45, 7) is 4.13. The SMILES string of the molecule is Cc1cc(C)cc(CCCC(=O)O)c1. The number of aliphatic carboxylic acids is 1. The Morgan fingerprint density at radius 2 is 1.79 bits per heavy atom. The van der Waals surface area contributed by atoms with Crippen molar-refractivity contribution < 1.29 is 9.90 Å². The number of hydrogen-bond acceptors (Lipinski definition) is 1. The Morgan fingerprint density at radius 1 is 1.21 bits per heavy atom. The molecule has 1 N–H and O–H groups in total. The first kappa shape index (κ1) is 10.8. The van der Waals surface area contributed by atoms with Crippen molar-refractivity contribution in [2.75, 3.05) is 0 Å². The van der Waals surface area contributed by atoms with Gasteiger partial charge in [0.05, 0.1) is 0 Å². The maximum absolute atomic E-state index is 10.3. The van der Waals surface area contributed by atoms with Gasteiger partial charge in [-0.3, -0.25) is 4.79 Å². The monoisotopic (exact) mass is 192 g/mol. The summed E-state index contributed by atoms with van der Waals surface area (Å²) < 4.78 is 0. The van der Waals surface area contributed by atoms with Crippen LogP contribution in [0.15, 0.2) is 18.2 Å². The van der Waals surface area contributed by atoms with Crippen LogP contribution < -0.4 is 0 Å². The summed E-state index contributed by atoms with van der Waals surface area (Å²) in [5, 5.41) is 8.50. The Kier molecular flexibility index (Phi) is 3.69. The Balaban J connectivity index is 2.54. The lowest BCUT2D eigenvalue weighted by atomic mass is 10.0. The van der Waals surface area contributed by atoms with Gasteiger partial charge in [-0.25, -0.2) is 0 Å². The molecule has 0 saturated heterocycles. The van der Waals surface area contributed by atoms with E-state index in [4.69, 9.17) is 5.11 Å². The molecule has 0 aliphatic heterocycles. The fraction of sp³-hybridized carbons (Fsp3) is 0.417. The molecule has 14 heavy (non-hydrogen) atoms.